The van der Waals surface area contributed by atoms with E-state index in [1.807, 2.05) is 36.4 Å². The molecule has 1 fully saturated rings. The molecule has 234 valence electrons. The Kier molecular flexibility index (Phi) is 11.1. The molecule has 0 spiro atoms. The van der Waals surface area contributed by atoms with E-state index < -0.39 is 22.8 Å². The highest BCUT2D eigenvalue weighted by atomic mass is 35.5. The summed E-state index contributed by atoms with van der Waals surface area (Å²) in [6.07, 6.45) is 3.47. The van der Waals surface area contributed by atoms with Crippen LogP contribution in [-0.4, -0.2) is 50.8 Å². The predicted molar refractivity (Wildman–Crippen MR) is 176 cm³/mol. The molecule has 1 aliphatic rings. The number of ether oxygens (including phenoxy) is 1. The van der Waals surface area contributed by atoms with E-state index in [1.54, 1.807) is 18.2 Å². The van der Waals surface area contributed by atoms with Crippen LogP contribution < -0.4 is 11.2 Å². The molecule has 1 aromatic heterocycles. The first-order valence-electron chi connectivity index (χ1n) is 14.8. The van der Waals surface area contributed by atoms with Crippen molar-refractivity contribution in [2.75, 3.05) is 19.6 Å². The topological polar surface area (TPSA) is 93.8 Å². The second-order valence-electron chi connectivity index (χ2n) is 11.7. The number of likely N-dealkylation sites (tertiary alicyclic amines) is 1. The molecule has 44 heavy (non-hydrogen) atoms. The number of benzene rings is 3. The van der Waals surface area contributed by atoms with Gasteiger partial charge in [0.15, 0.2) is 0 Å². The number of aryl methyl sites for hydroxylation is 1. The lowest BCUT2D eigenvalue weighted by atomic mass is 10.00. The summed E-state index contributed by atoms with van der Waals surface area (Å²) in [5.41, 5.74) is -0.250. The van der Waals surface area contributed by atoms with Crippen LogP contribution in [0.15, 0.2) is 88.5 Å². The highest BCUT2D eigenvalue weighted by Crippen LogP contribution is 2.30. The fourth-order valence-electron chi connectivity index (χ4n) is 5.82. The third-order valence-electron chi connectivity index (χ3n) is 8.36. The monoisotopic (exact) mass is 639 g/mol. The normalized spacial score (nSPS) is 14.5. The minimum Gasteiger partial charge on any atom is -0.480 e. The van der Waals surface area contributed by atoms with Gasteiger partial charge in [0.1, 0.15) is 11.6 Å². The number of piperidine rings is 1. The number of carboxylic acids is 1. The minimum atomic E-state index is -1.70. The lowest BCUT2D eigenvalue weighted by Crippen LogP contribution is -2.52. The molecule has 0 radical (unpaired) electrons. The zero-order valence-corrected chi connectivity index (χ0v) is 26.6. The molecule has 1 saturated heterocycles. The van der Waals surface area contributed by atoms with E-state index in [1.165, 1.54) is 18.4 Å². The molecule has 8 nitrogen and oxygen atoms in total. The van der Waals surface area contributed by atoms with Gasteiger partial charge in [-0.1, -0.05) is 72.3 Å². The number of aromatic nitrogens is 2. The van der Waals surface area contributed by atoms with Crippen molar-refractivity contribution in [2.24, 2.45) is 0 Å². The van der Waals surface area contributed by atoms with E-state index in [4.69, 9.17) is 16.3 Å². The van der Waals surface area contributed by atoms with E-state index in [2.05, 4.69) is 29.2 Å². The third-order valence-corrected chi connectivity index (χ3v) is 8.60. The Balaban J connectivity index is 0.00000442. The Bertz CT molecular complexity index is 1640. The van der Waals surface area contributed by atoms with Gasteiger partial charge in [0.05, 0.1) is 17.0 Å². The molecule has 0 saturated carbocycles. The number of carboxylic acid groups (broad SMARTS) is 1. The molecular formula is C34H39Cl2N3O5. The van der Waals surface area contributed by atoms with Gasteiger partial charge in [-0.25, -0.2) is 14.2 Å². The van der Waals surface area contributed by atoms with Crippen molar-refractivity contribution in [1.29, 1.82) is 0 Å². The Labute approximate surface area is 268 Å². The second-order valence-corrected chi connectivity index (χ2v) is 12.1. The third kappa shape index (κ3) is 7.26. The average molecular weight is 641 g/mol. The minimum absolute atomic E-state index is 0. The maximum Gasteiger partial charge on any atom is 0.332 e. The number of hydrogen-bond donors (Lipinski definition) is 1. The number of nitrogens with zero attached hydrogens (tertiary/aromatic N) is 3. The summed E-state index contributed by atoms with van der Waals surface area (Å²) >= 11 is 6.22. The largest absolute Gasteiger partial charge is 0.480 e. The first-order valence-corrected chi connectivity index (χ1v) is 15.2. The maximum absolute atomic E-state index is 13.5. The summed E-state index contributed by atoms with van der Waals surface area (Å²) in [7, 11) is 0. The van der Waals surface area contributed by atoms with E-state index >= 15 is 0 Å². The number of hydrogen-bond acceptors (Lipinski definition) is 5. The highest BCUT2D eigenvalue weighted by Gasteiger charge is 2.34. The van der Waals surface area contributed by atoms with Gasteiger partial charge in [-0.15, -0.1) is 12.4 Å². The number of unbranched alkanes of at least 4 members (excludes halogenated alkanes) is 1. The predicted octanol–water partition coefficient (Wildman–Crippen LogP) is 6.11. The number of rotatable bonds is 11. The Morgan fingerprint density at radius 1 is 0.932 bits per heavy atom. The zero-order valence-electron chi connectivity index (χ0n) is 25.0. The van der Waals surface area contributed by atoms with Crippen LogP contribution in [0.4, 0.5) is 0 Å². The number of fused-ring (bicyclic) bond motifs is 1. The highest BCUT2D eigenvalue weighted by molar-refractivity contribution is 6.31. The molecule has 0 bridgehead atoms. The maximum atomic E-state index is 13.5. The summed E-state index contributed by atoms with van der Waals surface area (Å²) < 4.78 is 9.01. The number of carbonyl (C=O) groups is 1. The summed E-state index contributed by atoms with van der Waals surface area (Å²) in [6, 6.07) is 25.4. The molecule has 0 atom stereocenters. The van der Waals surface area contributed by atoms with E-state index in [0.29, 0.717) is 23.5 Å². The Hall–Kier alpha value is -3.43. The van der Waals surface area contributed by atoms with Gasteiger partial charge in [-0.3, -0.25) is 9.36 Å². The molecule has 10 heteroatoms. The number of aliphatic carboxylic acids is 1. The zero-order chi connectivity index (χ0) is 30.6. The van der Waals surface area contributed by atoms with E-state index in [0.717, 1.165) is 54.6 Å². The molecule has 2 heterocycles. The van der Waals surface area contributed by atoms with Gasteiger partial charge in [0.2, 0.25) is 0 Å². The van der Waals surface area contributed by atoms with Crippen LogP contribution >= 0.6 is 24.0 Å². The van der Waals surface area contributed by atoms with Crippen LogP contribution in [0.2, 0.25) is 5.02 Å². The second kappa shape index (κ2) is 14.6. The van der Waals surface area contributed by atoms with Crippen LogP contribution in [0.5, 0.6) is 0 Å². The van der Waals surface area contributed by atoms with E-state index in [-0.39, 0.29) is 30.0 Å². The van der Waals surface area contributed by atoms with Crippen LogP contribution in [0.1, 0.15) is 56.8 Å². The fraction of sp³-hybridized carbons (Fsp3) is 0.382. The van der Waals surface area contributed by atoms with Crippen molar-refractivity contribution < 1.29 is 14.6 Å². The first kappa shape index (κ1) is 33.5. The van der Waals surface area contributed by atoms with Crippen LogP contribution in [0, 0.1) is 0 Å². The molecule has 1 N–H and O–H groups in total. The molecule has 3 aromatic carbocycles. The van der Waals surface area contributed by atoms with Crippen molar-refractivity contribution in [2.45, 2.75) is 63.8 Å². The summed E-state index contributed by atoms with van der Waals surface area (Å²) in [4.78, 5) is 41.0. The SMILES string of the molecule is CC(C)(C(=O)O)n1c(=O)c2ccc(Cl)cc2n(CCCCN2CCC(OC(c3ccccc3)c3ccccc3)CC2)c1=O.Cl. The van der Waals surface area contributed by atoms with Gasteiger partial charge in [-0.2, -0.15) is 0 Å². The van der Waals surface area contributed by atoms with Crippen LogP contribution in [0.25, 0.3) is 10.9 Å². The van der Waals surface area contributed by atoms with Gasteiger partial charge < -0.3 is 14.7 Å². The van der Waals surface area contributed by atoms with Crippen molar-refractivity contribution >= 4 is 40.9 Å². The van der Waals surface area contributed by atoms with Crippen molar-refractivity contribution in [1.82, 2.24) is 14.0 Å². The molecule has 1 aliphatic heterocycles. The lowest BCUT2D eigenvalue weighted by Gasteiger charge is -2.34. The molecule has 5 rings (SSSR count). The smallest absolute Gasteiger partial charge is 0.332 e. The fourth-order valence-corrected chi connectivity index (χ4v) is 5.98. The number of halogens is 2. The first-order chi connectivity index (χ1) is 20.7. The lowest BCUT2D eigenvalue weighted by molar-refractivity contribution is -0.146. The summed E-state index contributed by atoms with van der Waals surface area (Å²) in [6.45, 7) is 5.80. The standard InChI is InChI=1S/C34H38ClN3O5.ClH/c1-34(2,32(40)41)38-31(39)28-16-15-26(35)23-29(28)37(33(38)42)20-10-9-19-36-21-17-27(18-22-36)43-30(24-11-5-3-6-12-24)25-13-7-4-8-14-25;/h3-8,11-16,23,27,30H,9-10,17-22H2,1-2H3,(H,40,41);1H. The molecule has 0 amide bonds. The average Bonchev–Trinajstić information content (AvgIpc) is 3.00. The Morgan fingerprint density at radius 2 is 1.50 bits per heavy atom. The Morgan fingerprint density at radius 3 is 2.07 bits per heavy atom. The summed E-state index contributed by atoms with van der Waals surface area (Å²) in [5, 5.41) is 10.4. The van der Waals surface area contributed by atoms with Crippen molar-refractivity contribution in [3.8, 4) is 0 Å². The van der Waals surface area contributed by atoms with Gasteiger partial charge in [0.25, 0.3) is 5.56 Å². The van der Waals surface area contributed by atoms with Gasteiger partial charge >= 0.3 is 11.7 Å². The molecular weight excluding hydrogens is 601 g/mol. The molecule has 0 unspecified atom stereocenters. The summed E-state index contributed by atoms with van der Waals surface area (Å²) in [5.74, 6) is -1.25. The van der Waals surface area contributed by atoms with Gasteiger partial charge in [0, 0.05) is 24.7 Å². The van der Waals surface area contributed by atoms with Crippen LogP contribution in [-0.2, 0) is 21.6 Å². The van der Waals surface area contributed by atoms with Crippen LogP contribution in [0.3, 0.4) is 0 Å². The quantitative estimate of drug-likeness (QED) is 0.199. The van der Waals surface area contributed by atoms with Crippen molar-refractivity contribution in [3.05, 3.63) is 116 Å². The van der Waals surface area contributed by atoms with E-state index in [9.17, 15) is 19.5 Å². The van der Waals surface area contributed by atoms with Gasteiger partial charge in [-0.05, 0) is 75.4 Å². The van der Waals surface area contributed by atoms with Crippen molar-refractivity contribution in [3.63, 3.8) is 0 Å². The molecule has 0 aliphatic carbocycles. The molecule has 4 aromatic rings.